The van der Waals surface area contributed by atoms with Gasteiger partial charge in [-0.25, -0.2) is 4.79 Å². The Labute approximate surface area is 205 Å². The Morgan fingerprint density at radius 3 is 2.63 bits per heavy atom. The molecule has 0 unspecified atom stereocenters. The van der Waals surface area contributed by atoms with E-state index < -0.39 is 11.7 Å². The molecule has 0 aliphatic rings. The molecular formula is C28H30N4O3. The molecule has 1 atom stereocenters. The maximum absolute atomic E-state index is 12.5. The number of pyridine rings is 2. The Balaban J connectivity index is 1.46. The Hall–Kier alpha value is -4.13. The number of hydrogen-bond donors (Lipinski definition) is 2. The number of nitrogens with zero attached hydrogens (tertiary/aromatic N) is 2. The Morgan fingerprint density at radius 2 is 1.83 bits per heavy atom. The third kappa shape index (κ3) is 7.17. The summed E-state index contributed by atoms with van der Waals surface area (Å²) < 4.78 is 11.5. The molecule has 0 saturated heterocycles. The van der Waals surface area contributed by atoms with Gasteiger partial charge in [0.15, 0.2) is 0 Å². The first-order valence-electron chi connectivity index (χ1n) is 11.6. The van der Waals surface area contributed by atoms with Gasteiger partial charge in [0.25, 0.3) is 0 Å². The average Bonchev–Trinajstić information content (AvgIpc) is 3.24. The number of benzene rings is 1. The zero-order chi connectivity index (χ0) is 24.7. The van der Waals surface area contributed by atoms with Gasteiger partial charge in [0.05, 0.1) is 12.2 Å². The van der Waals surface area contributed by atoms with Crippen LogP contribution in [-0.4, -0.2) is 39.3 Å². The smallest absolute Gasteiger partial charge is 0.408 e. The molecule has 0 fully saturated rings. The van der Waals surface area contributed by atoms with Crippen molar-refractivity contribution < 1.29 is 14.3 Å². The third-order valence-corrected chi connectivity index (χ3v) is 5.22. The van der Waals surface area contributed by atoms with Gasteiger partial charge in [-0.2, -0.15) is 0 Å². The fraction of sp³-hybridized carbons (Fsp3) is 0.250. The largest absolute Gasteiger partial charge is 0.490 e. The minimum absolute atomic E-state index is 0.262. The van der Waals surface area contributed by atoms with Crippen LogP contribution in [-0.2, 0) is 11.2 Å². The van der Waals surface area contributed by atoms with Crippen molar-refractivity contribution in [1.29, 1.82) is 0 Å². The highest BCUT2D eigenvalue weighted by atomic mass is 16.6. The summed E-state index contributed by atoms with van der Waals surface area (Å²) in [5.41, 5.74) is 3.52. The second-order valence-electron chi connectivity index (χ2n) is 9.29. The molecule has 3 aromatic heterocycles. The minimum Gasteiger partial charge on any atom is -0.490 e. The maximum Gasteiger partial charge on any atom is 0.408 e. The van der Waals surface area contributed by atoms with Gasteiger partial charge in [-0.3, -0.25) is 9.97 Å². The zero-order valence-corrected chi connectivity index (χ0v) is 20.2. The van der Waals surface area contributed by atoms with Crippen LogP contribution in [0.25, 0.3) is 23.1 Å². The number of carbonyl (C=O) groups excluding carboxylic acids is 1. The number of amides is 1. The summed E-state index contributed by atoms with van der Waals surface area (Å²) in [6, 6.07) is 13.6. The molecule has 2 N–H and O–H groups in total. The van der Waals surface area contributed by atoms with Crippen molar-refractivity contribution >= 4 is 29.1 Å². The van der Waals surface area contributed by atoms with Crippen molar-refractivity contribution in [3.63, 3.8) is 0 Å². The van der Waals surface area contributed by atoms with E-state index in [-0.39, 0.29) is 12.6 Å². The van der Waals surface area contributed by atoms with E-state index >= 15 is 0 Å². The van der Waals surface area contributed by atoms with E-state index in [2.05, 4.69) is 26.3 Å². The quantitative estimate of drug-likeness (QED) is 0.348. The Kier molecular flexibility index (Phi) is 7.45. The highest BCUT2D eigenvalue weighted by molar-refractivity contribution is 5.83. The topological polar surface area (TPSA) is 89.1 Å². The van der Waals surface area contributed by atoms with Gasteiger partial charge < -0.3 is 19.8 Å². The lowest BCUT2D eigenvalue weighted by molar-refractivity contribution is 0.0488. The lowest BCUT2D eigenvalue weighted by atomic mass is 10.1. The summed E-state index contributed by atoms with van der Waals surface area (Å²) in [7, 11) is 0. The van der Waals surface area contributed by atoms with E-state index in [9.17, 15) is 4.79 Å². The van der Waals surface area contributed by atoms with Crippen LogP contribution in [0.1, 0.15) is 37.5 Å². The second-order valence-corrected chi connectivity index (χ2v) is 9.29. The molecule has 180 valence electrons. The van der Waals surface area contributed by atoms with Gasteiger partial charge in [-0.15, -0.1) is 0 Å². The fourth-order valence-corrected chi connectivity index (χ4v) is 3.66. The molecule has 0 spiro atoms. The number of ether oxygens (including phenoxy) is 2. The highest BCUT2D eigenvalue weighted by Gasteiger charge is 2.21. The molecule has 0 bridgehead atoms. The fourth-order valence-electron chi connectivity index (χ4n) is 3.66. The van der Waals surface area contributed by atoms with Crippen LogP contribution >= 0.6 is 0 Å². The van der Waals surface area contributed by atoms with Crippen LogP contribution in [0.3, 0.4) is 0 Å². The normalized spacial score (nSPS) is 12.5. The average molecular weight is 471 g/mol. The second kappa shape index (κ2) is 10.9. The van der Waals surface area contributed by atoms with Gasteiger partial charge in [0.1, 0.15) is 18.0 Å². The van der Waals surface area contributed by atoms with Crippen LogP contribution in [0.15, 0.2) is 73.4 Å². The van der Waals surface area contributed by atoms with Gasteiger partial charge in [-0.1, -0.05) is 30.4 Å². The summed E-state index contributed by atoms with van der Waals surface area (Å²) >= 11 is 0. The Morgan fingerprint density at radius 1 is 1.06 bits per heavy atom. The standard InChI is InChI=1S/C28H30N4O3/c1-28(2,3)35-27(33)32-23(15-22-17-31-26-7-5-4-6-25(22)26)19-34-24-14-21(16-30-18-24)9-8-20-10-12-29-13-11-20/h4-14,16-18,23,31H,15,19H2,1-3H3,(H,32,33)/b9-8+/t23-/m0/s1. The van der Waals surface area contributed by atoms with Gasteiger partial charge in [0, 0.05) is 35.7 Å². The number of para-hydroxylation sites is 1. The van der Waals surface area contributed by atoms with Gasteiger partial charge >= 0.3 is 6.09 Å². The van der Waals surface area contributed by atoms with E-state index in [0.717, 1.165) is 27.6 Å². The van der Waals surface area contributed by atoms with E-state index in [1.807, 2.05) is 75.5 Å². The molecule has 0 aliphatic heterocycles. The molecule has 7 heteroatoms. The minimum atomic E-state index is -0.588. The molecule has 3 heterocycles. The number of H-pyrrole nitrogens is 1. The van der Waals surface area contributed by atoms with E-state index in [1.54, 1.807) is 24.8 Å². The number of nitrogens with one attached hydrogen (secondary N) is 2. The van der Waals surface area contributed by atoms with Crippen LogP contribution in [0.2, 0.25) is 0 Å². The maximum atomic E-state index is 12.5. The van der Waals surface area contributed by atoms with Crippen LogP contribution in [0.4, 0.5) is 4.79 Å². The number of fused-ring (bicyclic) bond motifs is 1. The van der Waals surface area contributed by atoms with E-state index in [4.69, 9.17) is 9.47 Å². The predicted molar refractivity (Wildman–Crippen MR) is 138 cm³/mol. The molecule has 35 heavy (non-hydrogen) atoms. The first-order chi connectivity index (χ1) is 16.9. The third-order valence-electron chi connectivity index (χ3n) is 5.22. The van der Waals surface area contributed by atoms with Crippen LogP contribution < -0.4 is 10.1 Å². The van der Waals surface area contributed by atoms with Crippen molar-refractivity contribution in [3.8, 4) is 5.75 Å². The van der Waals surface area contributed by atoms with E-state index in [1.165, 1.54) is 0 Å². The highest BCUT2D eigenvalue weighted by Crippen LogP contribution is 2.20. The first kappa shape index (κ1) is 24.0. The SMILES string of the molecule is CC(C)(C)OC(=O)N[C@H](COc1cncc(/C=C/c2ccncc2)c1)Cc1c[nH]c2ccccc12. The summed E-state index contributed by atoms with van der Waals surface area (Å²) in [5, 5.41) is 4.09. The molecule has 4 rings (SSSR count). The van der Waals surface area contributed by atoms with Crippen LogP contribution in [0, 0.1) is 0 Å². The predicted octanol–water partition coefficient (Wildman–Crippen LogP) is 5.64. The number of hydrogen-bond acceptors (Lipinski definition) is 5. The number of rotatable bonds is 8. The summed E-state index contributed by atoms with van der Waals surface area (Å²) in [4.78, 5) is 24.1. The molecule has 4 aromatic rings. The summed E-state index contributed by atoms with van der Waals surface area (Å²) in [6.45, 7) is 5.79. The van der Waals surface area contributed by atoms with Crippen LogP contribution in [0.5, 0.6) is 5.75 Å². The summed E-state index contributed by atoms with van der Waals surface area (Å²) in [5.74, 6) is 0.622. The Bertz CT molecular complexity index is 1290. The monoisotopic (exact) mass is 470 g/mol. The number of aromatic amines is 1. The number of carbonyl (C=O) groups is 1. The summed E-state index contributed by atoms with van der Waals surface area (Å²) in [6.07, 6.45) is 13.0. The van der Waals surface area contributed by atoms with Gasteiger partial charge in [-0.05, 0) is 68.1 Å². The molecule has 7 nitrogen and oxygen atoms in total. The number of aromatic nitrogens is 3. The molecule has 1 aromatic carbocycles. The lowest BCUT2D eigenvalue weighted by Gasteiger charge is -2.24. The van der Waals surface area contributed by atoms with Crippen molar-refractivity contribution in [1.82, 2.24) is 20.3 Å². The molecular weight excluding hydrogens is 440 g/mol. The van der Waals surface area contributed by atoms with Crippen molar-refractivity contribution in [2.75, 3.05) is 6.61 Å². The molecule has 1 amide bonds. The first-order valence-corrected chi connectivity index (χ1v) is 11.6. The van der Waals surface area contributed by atoms with Crippen molar-refractivity contribution in [3.05, 3.63) is 90.1 Å². The van der Waals surface area contributed by atoms with E-state index in [0.29, 0.717) is 12.2 Å². The zero-order valence-electron chi connectivity index (χ0n) is 20.2. The van der Waals surface area contributed by atoms with Crippen molar-refractivity contribution in [2.45, 2.75) is 38.8 Å². The van der Waals surface area contributed by atoms with Gasteiger partial charge in [0.2, 0.25) is 0 Å². The molecule has 0 saturated carbocycles. The number of alkyl carbamates (subject to hydrolysis) is 1. The molecule has 0 radical (unpaired) electrons. The molecule has 0 aliphatic carbocycles. The lowest BCUT2D eigenvalue weighted by Crippen LogP contribution is -2.43. The van der Waals surface area contributed by atoms with Crippen molar-refractivity contribution in [2.24, 2.45) is 0 Å².